The first kappa shape index (κ1) is 19.4. The maximum atomic E-state index is 12.8. The van der Waals surface area contributed by atoms with E-state index in [9.17, 15) is 18.0 Å². The first-order valence-corrected chi connectivity index (χ1v) is 9.26. The standard InChI is InChI=1S/C16H21NO7S/c1-3-24-16(20)13-6-11(10-23-2)7-14(8-13)25(21,22)17-5-4-12(9-17)15(18)19/h6-8,12H,3-5,9-10H2,1-2H3,(H,18,19). The van der Waals surface area contributed by atoms with Crippen LogP contribution in [-0.2, 0) is 30.9 Å². The fourth-order valence-electron chi connectivity index (χ4n) is 2.69. The van der Waals surface area contributed by atoms with E-state index in [1.807, 2.05) is 0 Å². The van der Waals surface area contributed by atoms with E-state index in [0.29, 0.717) is 5.56 Å². The van der Waals surface area contributed by atoms with Gasteiger partial charge in [0.15, 0.2) is 0 Å². The molecule has 8 nitrogen and oxygen atoms in total. The molecule has 0 radical (unpaired) electrons. The topological polar surface area (TPSA) is 110 Å². The van der Waals surface area contributed by atoms with Crippen molar-refractivity contribution in [2.24, 2.45) is 5.92 Å². The third kappa shape index (κ3) is 4.36. The van der Waals surface area contributed by atoms with Crippen molar-refractivity contribution < 1.29 is 32.6 Å². The molecule has 0 aliphatic carbocycles. The van der Waals surface area contributed by atoms with Crippen molar-refractivity contribution in [2.75, 3.05) is 26.8 Å². The Morgan fingerprint density at radius 2 is 2.04 bits per heavy atom. The molecule has 2 rings (SSSR count). The van der Waals surface area contributed by atoms with Crippen molar-refractivity contribution in [3.05, 3.63) is 29.3 Å². The molecule has 0 spiro atoms. The summed E-state index contributed by atoms with van der Waals surface area (Å²) in [4.78, 5) is 23.0. The molecule has 0 amide bonds. The summed E-state index contributed by atoms with van der Waals surface area (Å²) < 4.78 is 36.8. The molecule has 1 fully saturated rings. The predicted molar refractivity (Wildman–Crippen MR) is 87.6 cm³/mol. The van der Waals surface area contributed by atoms with Gasteiger partial charge in [0, 0.05) is 20.2 Å². The Bertz CT molecular complexity index is 760. The molecule has 0 saturated carbocycles. The number of ether oxygens (including phenoxy) is 2. The SMILES string of the molecule is CCOC(=O)c1cc(COC)cc(S(=O)(=O)N2CCC(C(=O)O)C2)c1. The largest absolute Gasteiger partial charge is 0.481 e. The number of carboxylic acid groups (broad SMARTS) is 1. The van der Waals surface area contributed by atoms with Gasteiger partial charge in [0.2, 0.25) is 10.0 Å². The van der Waals surface area contributed by atoms with Crippen LogP contribution in [0.3, 0.4) is 0 Å². The second-order valence-corrected chi connectivity index (χ2v) is 7.64. The molecule has 1 aromatic carbocycles. The third-order valence-corrected chi connectivity index (χ3v) is 5.77. The fraction of sp³-hybridized carbons (Fsp3) is 0.500. The average molecular weight is 371 g/mol. The molecular weight excluding hydrogens is 350 g/mol. The molecule has 1 N–H and O–H groups in total. The predicted octanol–water partition coefficient (Wildman–Crippen LogP) is 1.10. The molecule has 0 bridgehead atoms. The number of aliphatic carboxylic acids is 1. The van der Waals surface area contributed by atoms with Crippen LogP contribution in [0.5, 0.6) is 0 Å². The minimum absolute atomic E-state index is 0.0730. The van der Waals surface area contributed by atoms with Gasteiger partial charge in [0.05, 0.1) is 29.6 Å². The molecule has 1 unspecified atom stereocenters. The highest BCUT2D eigenvalue weighted by Gasteiger charge is 2.36. The summed E-state index contributed by atoms with van der Waals surface area (Å²) in [5.41, 5.74) is 0.629. The fourth-order valence-corrected chi connectivity index (χ4v) is 4.29. The number of nitrogens with zero attached hydrogens (tertiary/aromatic N) is 1. The maximum Gasteiger partial charge on any atom is 0.338 e. The molecule has 138 valence electrons. The molecule has 1 aliphatic heterocycles. The summed E-state index contributed by atoms with van der Waals surface area (Å²) in [6.45, 7) is 2.00. The highest BCUT2D eigenvalue weighted by Crippen LogP contribution is 2.26. The van der Waals surface area contributed by atoms with Gasteiger partial charge in [-0.25, -0.2) is 13.2 Å². The Hall–Kier alpha value is -1.97. The van der Waals surface area contributed by atoms with Crippen LogP contribution < -0.4 is 0 Å². The second-order valence-electron chi connectivity index (χ2n) is 5.71. The zero-order valence-corrected chi connectivity index (χ0v) is 14.9. The highest BCUT2D eigenvalue weighted by molar-refractivity contribution is 7.89. The van der Waals surface area contributed by atoms with Gasteiger partial charge in [-0.15, -0.1) is 0 Å². The van der Waals surface area contributed by atoms with E-state index in [4.69, 9.17) is 14.6 Å². The van der Waals surface area contributed by atoms with E-state index in [2.05, 4.69) is 0 Å². The number of esters is 1. The smallest absolute Gasteiger partial charge is 0.338 e. The van der Waals surface area contributed by atoms with Gasteiger partial charge >= 0.3 is 11.9 Å². The molecule has 1 saturated heterocycles. The van der Waals surface area contributed by atoms with Crippen molar-refractivity contribution in [2.45, 2.75) is 24.8 Å². The maximum absolute atomic E-state index is 12.8. The van der Waals surface area contributed by atoms with Gasteiger partial charge < -0.3 is 14.6 Å². The molecule has 25 heavy (non-hydrogen) atoms. The summed E-state index contributed by atoms with van der Waals surface area (Å²) in [5, 5.41) is 9.06. The van der Waals surface area contributed by atoms with E-state index < -0.39 is 27.9 Å². The number of hydrogen-bond donors (Lipinski definition) is 1. The molecule has 1 aliphatic rings. The Labute approximate surface area is 146 Å². The Morgan fingerprint density at radius 3 is 2.60 bits per heavy atom. The number of carbonyl (C=O) groups is 2. The van der Waals surface area contributed by atoms with Crippen LogP contribution in [0.4, 0.5) is 0 Å². The first-order valence-electron chi connectivity index (χ1n) is 7.82. The summed E-state index contributed by atoms with van der Waals surface area (Å²) in [5.74, 6) is -2.36. The number of carbonyl (C=O) groups excluding carboxylic acids is 1. The van der Waals surface area contributed by atoms with Crippen molar-refractivity contribution in [1.29, 1.82) is 0 Å². The van der Waals surface area contributed by atoms with Gasteiger partial charge in [0.25, 0.3) is 0 Å². The lowest BCUT2D eigenvalue weighted by Crippen LogP contribution is -2.30. The molecule has 1 aromatic rings. The third-order valence-electron chi connectivity index (χ3n) is 3.93. The van der Waals surface area contributed by atoms with Crippen LogP contribution in [0, 0.1) is 5.92 Å². The molecule has 1 heterocycles. The summed E-state index contributed by atoms with van der Waals surface area (Å²) in [6.07, 6.45) is 0.261. The van der Waals surface area contributed by atoms with Gasteiger partial charge in [-0.05, 0) is 37.1 Å². The van der Waals surface area contributed by atoms with Crippen LogP contribution in [0.25, 0.3) is 0 Å². The average Bonchev–Trinajstić information content (AvgIpc) is 3.06. The molecular formula is C16H21NO7S. The van der Waals surface area contributed by atoms with E-state index in [1.54, 1.807) is 6.92 Å². The Balaban J connectivity index is 2.39. The normalized spacial score (nSPS) is 18.2. The number of carboxylic acids is 1. The molecule has 9 heteroatoms. The van der Waals surface area contributed by atoms with E-state index >= 15 is 0 Å². The summed E-state index contributed by atoms with van der Waals surface area (Å²) in [7, 11) is -2.45. The van der Waals surface area contributed by atoms with Gasteiger partial charge in [-0.1, -0.05) is 0 Å². The van der Waals surface area contributed by atoms with Crippen LogP contribution in [0.15, 0.2) is 23.1 Å². The Kier molecular flexibility index (Phi) is 6.15. The van der Waals surface area contributed by atoms with E-state index in [-0.39, 0.29) is 43.2 Å². The number of benzene rings is 1. The lowest BCUT2D eigenvalue weighted by Gasteiger charge is -2.17. The van der Waals surface area contributed by atoms with Crippen LogP contribution in [0.2, 0.25) is 0 Å². The van der Waals surface area contributed by atoms with E-state index in [1.165, 1.54) is 25.3 Å². The van der Waals surface area contributed by atoms with Crippen LogP contribution >= 0.6 is 0 Å². The Morgan fingerprint density at radius 1 is 1.32 bits per heavy atom. The molecule has 0 aromatic heterocycles. The van der Waals surface area contributed by atoms with E-state index in [0.717, 1.165) is 4.31 Å². The number of hydrogen-bond acceptors (Lipinski definition) is 6. The first-order chi connectivity index (χ1) is 11.8. The monoisotopic (exact) mass is 371 g/mol. The van der Waals surface area contributed by atoms with Crippen LogP contribution in [-0.4, -0.2) is 56.6 Å². The lowest BCUT2D eigenvalue weighted by atomic mass is 10.1. The van der Waals surface area contributed by atoms with Gasteiger partial charge in [-0.3, -0.25) is 4.79 Å². The van der Waals surface area contributed by atoms with Crippen molar-refractivity contribution in [3.8, 4) is 0 Å². The van der Waals surface area contributed by atoms with Gasteiger partial charge in [0.1, 0.15) is 0 Å². The van der Waals surface area contributed by atoms with Crippen molar-refractivity contribution in [3.63, 3.8) is 0 Å². The van der Waals surface area contributed by atoms with Crippen molar-refractivity contribution >= 4 is 22.0 Å². The zero-order valence-electron chi connectivity index (χ0n) is 14.1. The lowest BCUT2D eigenvalue weighted by molar-refractivity contribution is -0.141. The molecule has 1 atom stereocenters. The summed E-state index contributed by atoms with van der Waals surface area (Å²) >= 11 is 0. The summed E-state index contributed by atoms with van der Waals surface area (Å²) in [6, 6.07) is 4.20. The second kappa shape index (κ2) is 7.94. The van der Waals surface area contributed by atoms with Crippen molar-refractivity contribution in [1.82, 2.24) is 4.31 Å². The number of rotatable bonds is 7. The number of methoxy groups -OCH3 is 1. The van der Waals surface area contributed by atoms with Crippen LogP contribution in [0.1, 0.15) is 29.3 Å². The number of sulfonamides is 1. The highest BCUT2D eigenvalue weighted by atomic mass is 32.2. The van der Waals surface area contributed by atoms with Gasteiger partial charge in [-0.2, -0.15) is 4.31 Å². The zero-order chi connectivity index (χ0) is 18.6. The quantitative estimate of drug-likeness (QED) is 0.715. The minimum Gasteiger partial charge on any atom is -0.481 e. The minimum atomic E-state index is -3.91.